The van der Waals surface area contributed by atoms with Gasteiger partial charge in [-0.15, -0.1) is 6.42 Å². The van der Waals surface area contributed by atoms with Gasteiger partial charge in [-0.05, 0) is 51.7 Å². The van der Waals surface area contributed by atoms with Crippen molar-refractivity contribution in [1.82, 2.24) is 0 Å². The van der Waals surface area contributed by atoms with Gasteiger partial charge in [0.05, 0.1) is 0 Å². The molecule has 0 heteroatoms. The Morgan fingerprint density at radius 3 is 2.24 bits per heavy atom. The average molecular weight is 272 g/mol. The summed E-state index contributed by atoms with van der Waals surface area (Å²) in [5.74, 6) is 3.19. The van der Waals surface area contributed by atoms with Crippen molar-refractivity contribution in [1.29, 1.82) is 0 Å². The molecule has 1 unspecified atom stereocenters. The summed E-state index contributed by atoms with van der Waals surface area (Å²) in [7, 11) is 0. The zero-order valence-corrected chi connectivity index (χ0v) is 12.5. The zero-order valence-electron chi connectivity index (χ0n) is 12.5. The van der Waals surface area contributed by atoms with E-state index in [0.717, 1.165) is 6.42 Å². The second-order valence-electron chi connectivity index (χ2n) is 5.67. The minimum Gasteiger partial charge on any atom is -0.119 e. The lowest BCUT2D eigenvalue weighted by Gasteiger charge is -2.12. The lowest BCUT2D eigenvalue weighted by molar-refractivity contribution is 0.676. The van der Waals surface area contributed by atoms with Gasteiger partial charge in [0.2, 0.25) is 0 Å². The molecule has 21 heavy (non-hydrogen) atoms. The first-order chi connectivity index (χ1) is 10.3. The van der Waals surface area contributed by atoms with Gasteiger partial charge in [0.25, 0.3) is 0 Å². The number of rotatable bonds is 4. The van der Waals surface area contributed by atoms with E-state index in [0.29, 0.717) is 0 Å². The third-order valence-electron chi connectivity index (χ3n) is 4.18. The van der Waals surface area contributed by atoms with Crippen LogP contribution in [-0.4, -0.2) is 0 Å². The quantitative estimate of drug-likeness (QED) is 0.409. The minimum absolute atomic E-state index is 0.237. The fourth-order valence-corrected chi connectivity index (χ4v) is 2.93. The van der Waals surface area contributed by atoms with E-state index in [1.54, 1.807) is 0 Å². The monoisotopic (exact) mass is 272 g/mol. The first-order valence-electron chi connectivity index (χ1n) is 7.70. The van der Waals surface area contributed by atoms with Crippen LogP contribution in [0, 0.1) is 12.3 Å². The maximum atomic E-state index is 5.73. The number of benzene rings is 3. The average Bonchev–Trinajstić information content (AvgIpc) is 2.53. The van der Waals surface area contributed by atoms with Crippen LogP contribution in [0.5, 0.6) is 0 Å². The number of hydrogen-bond donors (Lipinski definition) is 0. The van der Waals surface area contributed by atoms with Crippen LogP contribution in [0.25, 0.3) is 21.5 Å². The van der Waals surface area contributed by atoms with Gasteiger partial charge in [-0.25, -0.2) is 0 Å². The van der Waals surface area contributed by atoms with Gasteiger partial charge in [-0.1, -0.05) is 62.1 Å². The molecule has 0 aliphatic carbocycles. The Bertz CT molecular complexity index is 805. The Balaban J connectivity index is 2.06. The van der Waals surface area contributed by atoms with Crippen molar-refractivity contribution in [2.75, 3.05) is 0 Å². The lowest BCUT2D eigenvalue weighted by Crippen LogP contribution is -1.95. The van der Waals surface area contributed by atoms with Crippen molar-refractivity contribution in [3.63, 3.8) is 0 Å². The number of fused-ring (bicyclic) bond motifs is 2. The van der Waals surface area contributed by atoms with Gasteiger partial charge in [0.1, 0.15) is 0 Å². The molecular weight excluding hydrogens is 252 g/mol. The Hall–Kier alpha value is -2.26. The minimum atomic E-state index is 0.237. The molecule has 0 radical (unpaired) electrons. The van der Waals surface area contributed by atoms with E-state index in [2.05, 4.69) is 67.4 Å². The summed E-state index contributed by atoms with van der Waals surface area (Å²) in [6.07, 6.45) is 9.18. The van der Waals surface area contributed by atoms with Crippen molar-refractivity contribution in [3.05, 3.63) is 60.2 Å². The van der Waals surface area contributed by atoms with Gasteiger partial charge in [0.15, 0.2) is 0 Å². The Kier molecular flexibility index (Phi) is 3.93. The maximum Gasteiger partial charge on any atom is 0.0449 e. The van der Waals surface area contributed by atoms with Gasteiger partial charge < -0.3 is 0 Å². The number of unbranched alkanes of at least 4 members (excludes halogenated alkanes) is 1. The highest BCUT2D eigenvalue weighted by Gasteiger charge is 2.08. The molecule has 0 saturated carbocycles. The fraction of sp³-hybridized carbons (Fsp3) is 0.238. The topological polar surface area (TPSA) is 0 Å². The smallest absolute Gasteiger partial charge is 0.0449 e. The van der Waals surface area contributed by atoms with E-state index in [-0.39, 0.29) is 5.92 Å². The van der Waals surface area contributed by atoms with Crippen LogP contribution in [0.15, 0.2) is 54.6 Å². The van der Waals surface area contributed by atoms with Crippen LogP contribution in [0.4, 0.5) is 0 Å². The first kappa shape index (κ1) is 13.7. The van der Waals surface area contributed by atoms with E-state index in [1.807, 2.05) is 0 Å². The maximum absolute atomic E-state index is 5.73. The molecule has 0 nitrogen and oxygen atoms in total. The Labute approximate surface area is 126 Å². The van der Waals surface area contributed by atoms with Gasteiger partial charge in [-0.3, -0.25) is 0 Å². The molecule has 0 aliphatic rings. The van der Waals surface area contributed by atoms with Crippen molar-refractivity contribution < 1.29 is 0 Å². The van der Waals surface area contributed by atoms with E-state index in [4.69, 9.17) is 6.42 Å². The van der Waals surface area contributed by atoms with E-state index >= 15 is 0 Å². The third kappa shape index (κ3) is 2.78. The summed E-state index contributed by atoms with van der Waals surface area (Å²) >= 11 is 0. The van der Waals surface area contributed by atoms with Gasteiger partial charge in [0, 0.05) is 5.92 Å². The summed E-state index contributed by atoms with van der Waals surface area (Å²) in [5.41, 5.74) is 1.27. The first-order valence-corrected chi connectivity index (χ1v) is 7.70. The molecule has 1 atom stereocenters. The summed E-state index contributed by atoms with van der Waals surface area (Å²) in [4.78, 5) is 0. The van der Waals surface area contributed by atoms with Crippen LogP contribution in [0.2, 0.25) is 0 Å². The summed E-state index contributed by atoms with van der Waals surface area (Å²) in [5, 5.41) is 5.14. The summed E-state index contributed by atoms with van der Waals surface area (Å²) in [6, 6.07) is 19.7. The normalized spacial score (nSPS) is 12.4. The molecule has 0 N–H and O–H groups in total. The second kappa shape index (κ2) is 6.02. The Morgan fingerprint density at radius 2 is 1.57 bits per heavy atom. The zero-order chi connectivity index (χ0) is 14.7. The highest BCUT2D eigenvalue weighted by atomic mass is 14.1. The number of hydrogen-bond acceptors (Lipinski definition) is 0. The molecule has 3 rings (SSSR count). The van der Waals surface area contributed by atoms with Crippen molar-refractivity contribution in [3.8, 4) is 12.3 Å². The van der Waals surface area contributed by atoms with E-state index in [9.17, 15) is 0 Å². The lowest BCUT2D eigenvalue weighted by atomic mass is 9.92. The van der Waals surface area contributed by atoms with Crippen LogP contribution in [-0.2, 0) is 0 Å². The molecule has 0 fully saturated rings. The van der Waals surface area contributed by atoms with Gasteiger partial charge in [-0.2, -0.15) is 0 Å². The standard InChI is InChI=1S/C21H20/c1-3-5-8-16(4-2)19-11-12-20-13-17-9-6-7-10-18(17)14-21(20)15-19/h2,6-7,9-16H,3,5,8H2,1H3. The number of terminal acetylenes is 1. The molecule has 0 amide bonds. The predicted octanol–water partition coefficient (Wildman–Crippen LogP) is 5.90. The largest absolute Gasteiger partial charge is 0.119 e. The third-order valence-corrected chi connectivity index (χ3v) is 4.18. The van der Waals surface area contributed by atoms with E-state index in [1.165, 1.54) is 39.9 Å². The molecule has 0 saturated heterocycles. The molecule has 3 aromatic rings. The molecule has 0 spiro atoms. The molecular formula is C21H20. The highest BCUT2D eigenvalue weighted by Crippen LogP contribution is 2.28. The second-order valence-corrected chi connectivity index (χ2v) is 5.67. The predicted molar refractivity (Wildman–Crippen MR) is 92.6 cm³/mol. The molecule has 0 bridgehead atoms. The van der Waals surface area contributed by atoms with Crippen molar-refractivity contribution in [2.45, 2.75) is 32.1 Å². The molecule has 0 aromatic heterocycles. The molecule has 0 aliphatic heterocycles. The molecule has 104 valence electrons. The molecule has 0 heterocycles. The van der Waals surface area contributed by atoms with E-state index < -0.39 is 0 Å². The van der Waals surface area contributed by atoms with Crippen molar-refractivity contribution >= 4 is 21.5 Å². The highest BCUT2D eigenvalue weighted by molar-refractivity contribution is 5.98. The SMILES string of the molecule is C#CC(CCCC)c1ccc2cc3ccccc3cc2c1. The van der Waals surface area contributed by atoms with Crippen molar-refractivity contribution in [2.24, 2.45) is 0 Å². The Morgan fingerprint density at radius 1 is 0.905 bits per heavy atom. The molecule has 3 aromatic carbocycles. The van der Waals surface area contributed by atoms with Gasteiger partial charge >= 0.3 is 0 Å². The van der Waals surface area contributed by atoms with Crippen LogP contribution < -0.4 is 0 Å². The van der Waals surface area contributed by atoms with Crippen LogP contribution >= 0.6 is 0 Å². The fourth-order valence-electron chi connectivity index (χ4n) is 2.93. The summed E-state index contributed by atoms with van der Waals surface area (Å²) in [6.45, 7) is 2.21. The van der Waals surface area contributed by atoms with Crippen LogP contribution in [0.3, 0.4) is 0 Å². The van der Waals surface area contributed by atoms with Crippen LogP contribution in [0.1, 0.15) is 37.7 Å². The summed E-state index contributed by atoms with van der Waals surface area (Å²) < 4.78 is 0.